The van der Waals surface area contributed by atoms with Crippen molar-refractivity contribution >= 4 is 24.3 Å². The number of esters is 1. The zero-order valence-corrected chi connectivity index (χ0v) is 14.1. The number of hydrogen-bond acceptors (Lipinski definition) is 5. The Hall–Kier alpha value is -0.850. The van der Waals surface area contributed by atoms with Crippen molar-refractivity contribution in [1.82, 2.24) is 5.32 Å². The number of carbonyl (C=O) groups excluding carboxylic acids is 2. The molecule has 1 saturated carbocycles. The number of aliphatic hydroxyl groups is 1. The van der Waals surface area contributed by atoms with Crippen molar-refractivity contribution in [3.63, 3.8) is 0 Å². The summed E-state index contributed by atoms with van der Waals surface area (Å²) >= 11 is 0. The fraction of sp³-hybridized carbons (Fsp3) is 0.867. The van der Waals surface area contributed by atoms with E-state index in [0.29, 0.717) is 18.9 Å². The zero-order valence-electron chi connectivity index (χ0n) is 13.3. The van der Waals surface area contributed by atoms with E-state index >= 15 is 0 Å². The van der Waals surface area contributed by atoms with Crippen LogP contribution in [0.15, 0.2) is 0 Å². The van der Waals surface area contributed by atoms with Crippen LogP contribution in [0, 0.1) is 5.92 Å². The van der Waals surface area contributed by atoms with Crippen LogP contribution in [-0.4, -0.2) is 42.3 Å². The second-order valence-electron chi connectivity index (χ2n) is 5.69. The van der Waals surface area contributed by atoms with Crippen molar-refractivity contribution in [3.8, 4) is 0 Å². The molecule has 6 nitrogen and oxygen atoms in total. The van der Waals surface area contributed by atoms with E-state index in [2.05, 4.69) is 5.32 Å². The summed E-state index contributed by atoms with van der Waals surface area (Å²) in [5.74, 6) is -0.364. The number of hydrogen-bond donors (Lipinski definition) is 3. The highest BCUT2D eigenvalue weighted by Crippen LogP contribution is 2.27. The van der Waals surface area contributed by atoms with Gasteiger partial charge >= 0.3 is 5.97 Å². The molecule has 0 saturated heterocycles. The molecule has 4 N–H and O–H groups in total. The maximum Gasteiger partial charge on any atom is 0.307 e. The van der Waals surface area contributed by atoms with Crippen LogP contribution in [0.2, 0.25) is 0 Å². The van der Waals surface area contributed by atoms with E-state index in [1.165, 1.54) is 19.3 Å². The summed E-state index contributed by atoms with van der Waals surface area (Å²) in [5.41, 5.74) is 5.93. The summed E-state index contributed by atoms with van der Waals surface area (Å²) in [7, 11) is 0. The summed E-state index contributed by atoms with van der Waals surface area (Å²) in [4.78, 5) is 22.9. The van der Waals surface area contributed by atoms with Gasteiger partial charge in [0, 0.05) is 12.6 Å². The van der Waals surface area contributed by atoms with Crippen LogP contribution in [0.1, 0.15) is 51.9 Å². The fourth-order valence-electron chi connectivity index (χ4n) is 2.76. The molecule has 7 heteroatoms. The van der Waals surface area contributed by atoms with Crippen LogP contribution in [0.5, 0.6) is 0 Å². The van der Waals surface area contributed by atoms with Gasteiger partial charge in [0.15, 0.2) is 0 Å². The minimum absolute atomic E-state index is 0. The van der Waals surface area contributed by atoms with Crippen molar-refractivity contribution in [1.29, 1.82) is 0 Å². The summed E-state index contributed by atoms with van der Waals surface area (Å²) < 4.78 is 4.75. The lowest BCUT2D eigenvalue weighted by Gasteiger charge is -2.26. The Labute approximate surface area is 138 Å². The predicted octanol–water partition coefficient (Wildman–Crippen LogP) is 1.14. The molecule has 1 aliphatic rings. The molecule has 0 aromatic carbocycles. The smallest absolute Gasteiger partial charge is 0.307 e. The molecular formula is C15H29ClN2O4. The van der Waals surface area contributed by atoms with E-state index in [9.17, 15) is 14.7 Å². The van der Waals surface area contributed by atoms with Gasteiger partial charge in [-0.1, -0.05) is 32.1 Å². The molecule has 0 radical (unpaired) electrons. The molecule has 0 aliphatic heterocycles. The van der Waals surface area contributed by atoms with Gasteiger partial charge in [0.05, 0.1) is 13.0 Å². The first-order valence-corrected chi connectivity index (χ1v) is 7.91. The molecule has 22 heavy (non-hydrogen) atoms. The maximum atomic E-state index is 11.8. The molecule has 0 spiro atoms. The van der Waals surface area contributed by atoms with Crippen molar-refractivity contribution < 1.29 is 19.4 Å². The van der Waals surface area contributed by atoms with Crippen molar-refractivity contribution in [2.75, 3.05) is 13.2 Å². The number of rotatable bonds is 8. The molecule has 1 fully saturated rings. The highest BCUT2D eigenvalue weighted by Gasteiger charge is 2.26. The average Bonchev–Trinajstić information content (AvgIpc) is 2.47. The van der Waals surface area contributed by atoms with Crippen LogP contribution in [0.4, 0.5) is 0 Å². The van der Waals surface area contributed by atoms with Gasteiger partial charge in [-0.15, -0.1) is 12.4 Å². The number of aliphatic hydroxyl groups excluding tert-OH is 1. The van der Waals surface area contributed by atoms with E-state index in [0.717, 1.165) is 12.8 Å². The third kappa shape index (κ3) is 7.96. The van der Waals surface area contributed by atoms with Crippen molar-refractivity contribution in [3.05, 3.63) is 0 Å². The standard InChI is InChI=1S/C15H28N2O4.ClH/c1-2-21-13(18)8-9-17-15(20)14(19)12(16)10-11-6-4-3-5-7-11;/h11-12,14,19H,2-10,16H2,1H3,(H,17,20);1H/t12-,14?;/m1./s1. The van der Waals surface area contributed by atoms with Crippen LogP contribution >= 0.6 is 12.4 Å². The number of nitrogens with one attached hydrogen (secondary N) is 1. The Morgan fingerprint density at radius 1 is 1.32 bits per heavy atom. The Morgan fingerprint density at radius 3 is 2.55 bits per heavy atom. The average molecular weight is 337 g/mol. The molecule has 0 aromatic heterocycles. The van der Waals surface area contributed by atoms with Gasteiger partial charge in [0.25, 0.3) is 0 Å². The van der Waals surface area contributed by atoms with Crippen LogP contribution in [0.3, 0.4) is 0 Å². The summed E-state index contributed by atoms with van der Waals surface area (Å²) in [6, 6.07) is -0.546. The first-order chi connectivity index (χ1) is 10.0. The lowest BCUT2D eigenvalue weighted by Crippen LogP contribution is -2.47. The molecule has 1 unspecified atom stereocenters. The summed E-state index contributed by atoms with van der Waals surface area (Å²) in [6.07, 6.45) is 5.50. The van der Waals surface area contributed by atoms with Gasteiger partial charge in [0.2, 0.25) is 5.91 Å². The predicted molar refractivity (Wildman–Crippen MR) is 86.7 cm³/mol. The third-order valence-electron chi connectivity index (χ3n) is 3.94. The Kier molecular flexibility index (Phi) is 11.2. The molecule has 2 atom stereocenters. The molecule has 1 amide bonds. The second kappa shape index (κ2) is 11.7. The third-order valence-corrected chi connectivity index (χ3v) is 3.94. The van der Waals surface area contributed by atoms with Gasteiger partial charge in [-0.25, -0.2) is 0 Å². The van der Waals surface area contributed by atoms with Gasteiger partial charge in [-0.05, 0) is 19.3 Å². The summed E-state index contributed by atoms with van der Waals surface area (Å²) in [5, 5.41) is 12.5. The van der Waals surface area contributed by atoms with Gasteiger partial charge < -0.3 is 20.9 Å². The normalized spacial score (nSPS) is 18.0. The lowest BCUT2D eigenvalue weighted by atomic mass is 9.84. The Bertz CT molecular complexity index is 336. The van der Waals surface area contributed by atoms with Gasteiger partial charge in [-0.2, -0.15) is 0 Å². The quantitative estimate of drug-likeness (QED) is 0.577. The van der Waals surface area contributed by atoms with E-state index in [4.69, 9.17) is 10.5 Å². The Morgan fingerprint density at radius 2 is 1.95 bits per heavy atom. The van der Waals surface area contributed by atoms with Gasteiger partial charge in [-0.3, -0.25) is 9.59 Å². The first kappa shape index (κ1) is 21.1. The first-order valence-electron chi connectivity index (χ1n) is 7.91. The van der Waals surface area contributed by atoms with E-state index in [-0.39, 0.29) is 31.3 Å². The number of ether oxygens (including phenoxy) is 1. The van der Waals surface area contributed by atoms with Crippen molar-refractivity contribution in [2.45, 2.75) is 64.0 Å². The monoisotopic (exact) mass is 336 g/mol. The van der Waals surface area contributed by atoms with Crippen LogP contribution in [0.25, 0.3) is 0 Å². The maximum absolute atomic E-state index is 11.8. The molecule has 0 heterocycles. The number of halogens is 1. The van der Waals surface area contributed by atoms with Crippen molar-refractivity contribution in [2.24, 2.45) is 11.7 Å². The van der Waals surface area contributed by atoms with E-state index < -0.39 is 18.1 Å². The fourth-order valence-corrected chi connectivity index (χ4v) is 2.76. The minimum Gasteiger partial charge on any atom is -0.466 e. The zero-order chi connectivity index (χ0) is 15.7. The van der Waals surface area contributed by atoms with E-state index in [1.807, 2.05) is 0 Å². The number of nitrogens with two attached hydrogens (primary N) is 1. The highest BCUT2D eigenvalue weighted by molar-refractivity contribution is 5.85. The Balaban J connectivity index is 0.00000441. The molecule has 1 aliphatic carbocycles. The van der Waals surface area contributed by atoms with E-state index in [1.54, 1.807) is 6.92 Å². The number of amides is 1. The molecule has 0 aromatic rings. The SMILES string of the molecule is CCOC(=O)CCNC(=O)C(O)[C@H](N)CC1CCCCC1.Cl. The number of carbonyl (C=O) groups is 2. The molecular weight excluding hydrogens is 308 g/mol. The minimum atomic E-state index is -1.21. The topological polar surface area (TPSA) is 102 Å². The molecule has 130 valence electrons. The lowest BCUT2D eigenvalue weighted by molar-refractivity contribution is -0.143. The highest BCUT2D eigenvalue weighted by atomic mass is 35.5. The second-order valence-corrected chi connectivity index (χ2v) is 5.69. The summed E-state index contributed by atoms with van der Waals surface area (Å²) in [6.45, 7) is 2.21. The molecule has 0 bridgehead atoms. The van der Waals surface area contributed by atoms with Gasteiger partial charge in [0.1, 0.15) is 6.10 Å². The molecule has 1 rings (SSSR count). The largest absolute Gasteiger partial charge is 0.466 e. The van der Waals surface area contributed by atoms with Crippen LogP contribution < -0.4 is 11.1 Å². The van der Waals surface area contributed by atoms with Crippen LogP contribution in [-0.2, 0) is 14.3 Å².